The van der Waals surface area contributed by atoms with Crippen molar-refractivity contribution in [3.05, 3.63) is 124 Å². The van der Waals surface area contributed by atoms with Gasteiger partial charge in [0.25, 0.3) is 21.8 Å². The van der Waals surface area contributed by atoms with E-state index in [0.717, 1.165) is 108 Å². The normalized spacial score (nSPS) is 21.6. The van der Waals surface area contributed by atoms with Gasteiger partial charge in [0.2, 0.25) is 0 Å². The van der Waals surface area contributed by atoms with Gasteiger partial charge in [0, 0.05) is 88.1 Å². The van der Waals surface area contributed by atoms with Crippen molar-refractivity contribution in [3.8, 4) is 23.1 Å². The maximum Gasteiger partial charge on any atom is 0.268 e. The fourth-order valence-electron chi connectivity index (χ4n) is 13.1. The van der Waals surface area contributed by atoms with Crippen molar-refractivity contribution in [2.75, 3.05) is 75.3 Å². The average molecular weight is 1140 g/mol. The van der Waals surface area contributed by atoms with Crippen LogP contribution in [-0.4, -0.2) is 116 Å². The lowest BCUT2D eigenvalue weighted by Crippen LogP contribution is -2.60. The molecule has 3 aromatic heterocycles. The van der Waals surface area contributed by atoms with E-state index < -0.39 is 32.2 Å². The molecule has 5 fully saturated rings. The number of pyridine rings is 2. The number of benzene rings is 3. The first-order valence-electron chi connectivity index (χ1n) is 29.4. The molecule has 1 spiro atoms. The number of nitrogens with one attached hydrogen (secondary N) is 3. The minimum atomic E-state index is -4.61. The van der Waals surface area contributed by atoms with E-state index in [1.165, 1.54) is 66.5 Å². The summed E-state index contributed by atoms with van der Waals surface area (Å²) < 4.78 is 63.6. The third kappa shape index (κ3) is 12.5. The van der Waals surface area contributed by atoms with Crippen LogP contribution in [0.2, 0.25) is 0 Å². The van der Waals surface area contributed by atoms with Gasteiger partial charge in [-0.05, 0) is 161 Å². The maximum absolute atomic E-state index is 15.1. The second-order valence-corrected chi connectivity index (χ2v) is 26.1. The molecule has 3 saturated carbocycles. The van der Waals surface area contributed by atoms with Crippen molar-refractivity contribution < 1.29 is 36.9 Å². The van der Waals surface area contributed by atoms with E-state index in [-0.39, 0.29) is 69.5 Å². The molecule has 11 rings (SSSR count). The second kappa shape index (κ2) is 23.6. The molecule has 1 amide bonds. The highest BCUT2D eigenvalue weighted by atomic mass is 32.2. The topological polar surface area (TPSA) is 201 Å². The first-order chi connectivity index (χ1) is 39.4. The van der Waals surface area contributed by atoms with Gasteiger partial charge in [-0.25, -0.2) is 22.5 Å². The van der Waals surface area contributed by atoms with Gasteiger partial charge in [0.1, 0.15) is 33.7 Å². The molecule has 5 aliphatic rings. The van der Waals surface area contributed by atoms with Crippen molar-refractivity contribution in [2.24, 2.45) is 17.3 Å². The number of H-pyrrole nitrogens is 1. The monoisotopic (exact) mass is 1140 g/mol. The molecule has 3 aliphatic carbocycles. The average Bonchev–Trinajstić information content (AvgIpc) is 3.94. The second-order valence-electron chi connectivity index (χ2n) is 24.4. The number of rotatable bonds is 20. The number of anilines is 3. The third-order valence-electron chi connectivity index (χ3n) is 18.2. The fourth-order valence-corrected chi connectivity index (χ4v) is 14.1. The number of piperidine rings is 1. The number of aliphatic hydroxyl groups is 1. The van der Waals surface area contributed by atoms with Gasteiger partial charge in [-0.2, -0.15) is 4.98 Å². The molecular weight excluding hydrogens is 1060 g/mol. The maximum atomic E-state index is 15.1. The largest absolute Gasteiger partial charge is 0.758 e. The highest BCUT2D eigenvalue weighted by Gasteiger charge is 2.50. The molecule has 2 aliphatic heterocycles. The Labute approximate surface area is 481 Å². The lowest BCUT2D eigenvalue weighted by molar-refractivity contribution is -0.0628. The summed E-state index contributed by atoms with van der Waals surface area (Å²) in [4.78, 5) is 33.3. The molecule has 1 atom stereocenters. The van der Waals surface area contributed by atoms with Crippen molar-refractivity contribution in [1.29, 1.82) is 0 Å². The summed E-state index contributed by atoms with van der Waals surface area (Å²) in [5, 5.41) is 27.1. The van der Waals surface area contributed by atoms with Crippen molar-refractivity contribution >= 4 is 44.2 Å². The number of aromatic amines is 1. The first kappa shape index (κ1) is 57.3. The molecule has 4 N–H and O–H groups in total. The Morgan fingerprint density at radius 2 is 1.72 bits per heavy atom. The molecular formula is C63H79FN9O8S-. The number of piperazine rings is 1. The Hall–Kier alpha value is -6.51. The van der Waals surface area contributed by atoms with Crippen LogP contribution >= 0.6 is 0 Å². The van der Waals surface area contributed by atoms with Gasteiger partial charge in [0.15, 0.2) is 5.75 Å². The smallest absolute Gasteiger partial charge is 0.268 e. The van der Waals surface area contributed by atoms with E-state index in [0.29, 0.717) is 36.4 Å². The molecule has 3 aromatic carbocycles. The molecule has 5 heterocycles. The van der Waals surface area contributed by atoms with Crippen molar-refractivity contribution in [2.45, 2.75) is 133 Å². The Morgan fingerprint density at radius 3 is 2.44 bits per heavy atom. The Bertz CT molecular complexity index is 3380. The predicted octanol–water partition coefficient (Wildman–Crippen LogP) is 11.1. The van der Waals surface area contributed by atoms with E-state index in [4.69, 9.17) is 14.2 Å². The number of hydroxylamine groups is 1. The minimum Gasteiger partial charge on any atom is -0.758 e. The number of carbonyl (C=O) groups is 1. The van der Waals surface area contributed by atoms with E-state index in [1.807, 2.05) is 6.92 Å². The Morgan fingerprint density at radius 1 is 0.951 bits per heavy atom. The number of ether oxygens (including phenoxy) is 3. The summed E-state index contributed by atoms with van der Waals surface area (Å²) in [7, 11) is -1.58. The zero-order valence-electron chi connectivity index (χ0n) is 48.2. The summed E-state index contributed by atoms with van der Waals surface area (Å²) in [6, 6.07) is 24.2. The molecule has 2 saturated heterocycles. The summed E-state index contributed by atoms with van der Waals surface area (Å²) in [6.07, 6.45) is 13.1. The molecule has 19 heteroatoms. The van der Waals surface area contributed by atoms with E-state index >= 15 is 4.39 Å². The number of fused-ring (bicyclic) bond motifs is 1. The number of amides is 1. The van der Waals surface area contributed by atoms with Crippen LogP contribution in [0.25, 0.3) is 11.0 Å². The summed E-state index contributed by atoms with van der Waals surface area (Å²) in [5.74, 6) is 1.16. The van der Waals surface area contributed by atoms with Crippen LogP contribution < -0.4 is 34.2 Å². The molecule has 82 heavy (non-hydrogen) atoms. The number of halogens is 1. The summed E-state index contributed by atoms with van der Waals surface area (Å²) in [5.41, 5.74) is 5.79. The van der Waals surface area contributed by atoms with Gasteiger partial charge in [-0.1, -0.05) is 50.2 Å². The molecule has 17 nitrogen and oxygen atoms in total. The van der Waals surface area contributed by atoms with Gasteiger partial charge in [-0.3, -0.25) is 14.6 Å². The highest BCUT2D eigenvalue weighted by Crippen LogP contribution is 2.54. The first-order valence-corrected chi connectivity index (χ1v) is 30.9. The number of sulfonamides is 1. The van der Waals surface area contributed by atoms with Crippen LogP contribution in [-0.2, 0) is 23.0 Å². The van der Waals surface area contributed by atoms with E-state index in [9.17, 15) is 23.5 Å². The molecule has 0 radical (unpaired) electrons. The van der Waals surface area contributed by atoms with Crippen molar-refractivity contribution in [3.63, 3.8) is 0 Å². The van der Waals surface area contributed by atoms with Gasteiger partial charge < -0.3 is 44.8 Å². The number of hydrogen-bond donors (Lipinski definition) is 4. The number of methoxy groups -OCH3 is 1. The zero-order valence-corrected chi connectivity index (χ0v) is 49.0. The molecule has 6 aromatic rings. The van der Waals surface area contributed by atoms with E-state index in [2.05, 4.69) is 96.0 Å². The zero-order chi connectivity index (χ0) is 57.5. The number of nitrogens with zero attached hydrogens (tertiary/aromatic N) is 6. The predicted molar refractivity (Wildman–Crippen MR) is 317 cm³/mol. The third-order valence-corrected chi connectivity index (χ3v) is 19.5. The van der Waals surface area contributed by atoms with Crippen LogP contribution in [0.15, 0.2) is 90.1 Å². The van der Waals surface area contributed by atoms with Gasteiger partial charge >= 0.3 is 0 Å². The number of aromatic nitrogens is 3. The number of hydrogen-bond acceptors (Lipinski definition) is 15. The van der Waals surface area contributed by atoms with Gasteiger partial charge in [-0.15, -0.1) is 0 Å². The van der Waals surface area contributed by atoms with Gasteiger partial charge in [0.05, 0.1) is 36.0 Å². The highest BCUT2D eigenvalue weighted by molar-refractivity contribution is 7.90. The van der Waals surface area contributed by atoms with E-state index in [1.54, 1.807) is 26.2 Å². The summed E-state index contributed by atoms with van der Waals surface area (Å²) >= 11 is 0. The Kier molecular flexibility index (Phi) is 16.5. The molecule has 0 bridgehead atoms. The molecule has 438 valence electrons. The van der Waals surface area contributed by atoms with Crippen molar-refractivity contribution in [1.82, 2.24) is 29.5 Å². The lowest BCUT2D eigenvalue weighted by Gasteiger charge is -2.58. The number of carbonyl (C=O) groups excluding carboxylic acids is 1. The molecule has 0 unspecified atom stereocenters. The summed E-state index contributed by atoms with van der Waals surface area (Å²) in [6.45, 7) is 14.2. The van der Waals surface area contributed by atoms with Crippen LogP contribution in [0.4, 0.5) is 21.6 Å². The fraction of sp³-hybridized carbons (Fsp3) is 0.508. The van der Waals surface area contributed by atoms with Crippen LogP contribution in [0, 0.1) is 28.3 Å². The SMILES string of the molecule is CCOc1nc2[nH]cc(F)c2cc1Oc1cc(N2CCC3(CC2)CC(N2CCN(Cc4ccc(CC5CC5)c(OC)c4)C[C@H]2c2ccccc2C(C)C)C3)ccc1C(=O)NS(=O)(=O)c1cnc(NCC2CCC(C)(O)CC2)c(N(C)[O-])c1. The minimum absolute atomic E-state index is 0.00529. The van der Waals surface area contributed by atoms with Crippen LogP contribution in [0.3, 0.4) is 0 Å². The Balaban J connectivity index is 0.800. The standard InChI is InChI=1S/C63H79FN9O8S/c1-7-80-61-57(32-51-52(64)37-67-58(51)68-61)81-56-30-45(16-17-50(56)60(74)69-82(77,78)47-31-53(70(5)76)59(66-36-47)65-35-42-18-20-62(4,75)21-19-42)72-24-22-63(23-25-72)33-46(34-63)73-27-26-71(39-54(73)49-11-9-8-10-48(49)40(2)3)38-43-14-15-44(28-41-12-13-41)55(29-43)79-6/h8-11,14-17,29-32,36-37,40-42,46,54,75H,7,12-13,18-28,33-35,38-39H2,1-6H3,(H,65,66)(H,67,68)(H,69,74)/q-1/t42?,54-,62?/m0/s1. The van der Waals surface area contributed by atoms with Crippen LogP contribution in [0.5, 0.6) is 23.1 Å². The quantitative estimate of drug-likeness (QED) is 0.0526. The lowest BCUT2D eigenvalue weighted by atomic mass is 9.59. The van der Waals surface area contributed by atoms with Crippen LogP contribution in [0.1, 0.15) is 136 Å².